The van der Waals surface area contributed by atoms with E-state index < -0.39 is 0 Å². The Hall–Kier alpha value is -1.62. The van der Waals surface area contributed by atoms with E-state index in [1.54, 1.807) is 12.1 Å². The van der Waals surface area contributed by atoms with Crippen molar-refractivity contribution in [1.29, 1.82) is 0 Å². The Kier molecular flexibility index (Phi) is 3.28. The highest BCUT2D eigenvalue weighted by Gasteiger charge is 2.29. The second-order valence-electron chi connectivity index (χ2n) is 4.23. The van der Waals surface area contributed by atoms with Crippen LogP contribution >= 0.6 is 0 Å². The molecule has 0 saturated carbocycles. The van der Waals surface area contributed by atoms with Crippen LogP contribution in [0, 0.1) is 5.82 Å². The second kappa shape index (κ2) is 4.71. The quantitative estimate of drug-likeness (QED) is 0.814. The highest BCUT2D eigenvalue weighted by atomic mass is 19.1. The summed E-state index contributed by atoms with van der Waals surface area (Å²) in [6.45, 7) is 0.903. The Bertz CT molecular complexity index is 436. The van der Waals surface area contributed by atoms with Gasteiger partial charge in [-0.15, -0.1) is 0 Å². The van der Waals surface area contributed by atoms with Crippen molar-refractivity contribution in [2.24, 2.45) is 11.5 Å². The minimum Gasteiger partial charge on any atom is -0.368 e. The molecular formula is C12H16FN3O. The average molecular weight is 237 g/mol. The molecule has 1 saturated heterocycles. The van der Waals surface area contributed by atoms with Crippen LogP contribution in [0.4, 0.5) is 10.1 Å². The fourth-order valence-electron chi connectivity index (χ4n) is 2.25. The monoisotopic (exact) mass is 237 g/mol. The zero-order valence-electron chi connectivity index (χ0n) is 9.53. The Morgan fingerprint density at radius 1 is 1.53 bits per heavy atom. The van der Waals surface area contributed by atoms with Gasteiger partial charge < -0.3 is 16.4 Å². The molecular weight excluding hydrogens is 221 g/mol. The van der Waals surface area contributed by atoms with Gasteiger partial charge in [0, 0.05) is 24.3 Å². The number of halogens is 1. The van der Waals surface area contributed by atoms with Gasteiger partial charge in [-0.3, -0.25) is 4.79 Å². The maximum Gasteiger partial charge on any atom is 0.240 e. The lowest BCUT2D eigenvalue weighted by Gasteiger charge is -2.24. The summed E-state index contributed by atoms with van der Waals surface area (Å²) < 4.78 is 13.6. The van der Waals surface area contributed by atoms with Crippen molar-refractivity contribution >= 4 is 11.6 Å². The summed E-state index contributed by atoms with van der Waals surface area (Å²) in [5, 5.41) is 0. The molecule has 1 amide bonds. The predicted octanol–water partition coefficient (Wildman–Crippen LogP) is 0.739. The van der Waals surface area contributed by atoms with Gasteiger partial charge in [-0.2, -0.15) is 0 Å². The highest BCUT2D eigenvalue weighted by Crippen LogP contribution is 2.26. The summed E-state index contributed by atoms with van der Waals surface area (Å²) in [6.07, 6.45) is 1.63. The van der Waals surface area contributed by atoms with E-state index in [-0.39, 0.29) is 24.3 Å². The van der Waals surface area contributed by atoms with E-state index in [2.05, 4.69) is 0 Å². The number of carbonyl (C=O) groups is 1. The van der Waals surface area contributed by atoms with Crippen LogP contribution in [0.2, 0.25) is 0 Å². The fraction of sp³-hybridized carbons (Fsp3) is 0.417. The van der Waals surface area contributed by atoms with Crippen LogP contribution in [0.1, 0.15) is 18.4 Å². The van der Waals surface area contributed by atoms with Gasteiger partial charge in [0.25, 0.3) is 0 Å². The number of primary amides is 1. The fourth-order valence-corrected chi connectivity index (χ4v) is 2.25. The molecule has 4 nitrogen and oxygen atoms in total. The number of hydrogen-bond acceptors (Lipinski definition) is 3. The number of hydrogen-bond donors (Lipinski definition) is 2. The van der Waals surface area contributed by atoms with E-state index in [0.717, 1.165) is 19.4 Å². The Morgan fingerprint density at radius 2 is 2.29 bits per heavy atom. The third kappa shape index (κ3) is 2.24. The number of amides is 1. The molecule has 0 aliphatic carbocycles. The SMILES string of the molecule is NCc1ccc(N2CCCC2C(N)=O)cc1F. The molecule has 1 aliphatic heterocycles. The molecule has 17 heavy (non-hydrogen) atoms. The van der Waals surface area contributed by atoms with E-state index >= 15 is 0 Å². The molecule has 4 N–H and O–H groups in total. The molecule has 2 rings (SSSR count). The van der Waals surface area contributed by atoms with Crippen LogP contribution in [-0.4, -0.2) is 18.5 Å². The lowest BCUT2D eigenvalue weighted by atomic mass is 10.1. The lowest BCUT2D eigenvalue weighted by Crippen LogP contribution is -2.40. The Labute approximate surface area is 99.4 Å². The van der Waals surface area contributed by atoms with Crippen LogP contribution in [-0.2, 0) is 11.3 Å². The first-order chi connectivity index (χ1) is 8.13. The summed E-state index contributed by atoms with van der Waals surface area (Å²) in [5.41, 5.74) is 11.9. The third-order valence-corrected chi connectivity index (χ3v) is 3.17. The van der Waals surface area contributed by atoms with Crippen molar-refractivity contribution in [3.8, 4) is 0 Å². The number of rotatable bonds is 3. The zero-order chi connectivity index (χ0) is 12.4. The van der Waals surface area contributed by atoms with Gasteiger partial charge in [-0.1, -0.05) is 6.07 Å². The van der Waals surface area contributed by atoms with E-state index in [9.17, 15) is 9.18 Å². The molecule has 1 heterocycles. The minimum absolute atomic E-state index is 0.172. The molecule has 1 atom stereocenters. The molecule has 1 aromatic carbocycles. The van der Waals surface area contributed by atoms with Crippen molar-refractivity contribution in [3.05, 3.63) is 29.6 Å². The van der Waals surface area contributed by atoms with Gasteiger partial charge in [-0.25, -0.2) is 4.39 Å². The van der Waals surface area contributed by atoms with Crippen molar-refractivity contribution in [1.82, 2.24) is 0 Å². The predicted molar refractivity (Wildman–Crippen MR) is 63.9 cm³/mol. The van der Waals surface area contributed by atoms with Gasteiger partial charge >= 0.3 is 0 Å². The summed E-state index contributed by atoms with van der Waals surface area (Å²) in [7, 11) is 0. The standard InChI is InChI=1S/C12H16FN3O/c13-10-6-9(4-3-8(10)7-14)16-5-1-2-11(16)12(15)17/h3-4,6,11H,1-2,5,7,14H2,(H2,15,17). The molecule has 5 heteroatoms. The molecule has 0 aromatic heterocycles. The molecule has 0 radical (unpaired) electrons. The van der Waals surface area contributed by atoms with Gasteiger partial charge in [0.2, 0.25) is 5.91 Å². The molecule has 1 fully saturated rings. The number of nitrogens with two attached hydrogens (primary N) is 2. The normalized spacial score (nSPS) is 19.6. The third-order valence-electron chi connectivity index (χ3n) is 3.17. The van der Waals surface area contributed by atoms with E-state index in [0.29, 0.717) is 11.3 Å². The van der Waals surface area contributed by atoms with E-state index in [1.165, 1.54) is 6.07 Å². The maximum absolute atomic E-state index is 13.6. The summed E-state index contributed by atoms with van der Waals surface area (Å²) in [5.74, 6) is -0.689. The first kappa shape index (κ1) is 11.9. The van der Waals surface area contributed by atoms with Crippen LogP contribution in [0.5, 0.6) is 0 Å². The van der Waals surface area contributed by atoms with Crippen LogP contribution < -0.4 is 16.4 Å². The Morgan fingerprint density at radius 3 is 2.88 bits per heavy atom. The van der Waals surface area contributed by atoms with Gasteiger partial charge in [0.05, 0.1) is 0 Å². The molecule has 1 aromatic rings. The number of nitrogens with zero attached hydrogens (tertiary/aromatic N) is 1. The van der Waals surface area contributed by atoms with Crippen molar-refractivity contribution in [2.75, 3.05) is 11.4 Å². The smallest absolute Gasteiger partial charge is 0.240 e. The van der Waals surface area contributed by atoms with Crippen molar-refractivity contribution < 1.29 is 9.18 Å². The molecule has 1 aliphatic rings. The summed E-state index contributed by atoms with van der Waals surface area (Å²) in [6, 6.07) is 4.54. The maximum atomic E-state index is 13.6. The zero-order valence-corrected chi connectivity index (χ0v) is 9.53. The first-order valence-corrected chi connectivity index (χ1v) is 5.68. The summed E-state index contributed by atoms with van der Waals surface area (Å²) >= 11 is 0. The Balaban J connectivity index is 2.27. The van der Waals surface area contributed by atoms with E-state index in [4.69, 9.17) is 11.5 Å². The summed E-state index contributed by atoms with van der Waals surface area (Å²) in [4.78, 5) is 13.1. The van der Waals surface area contributed by atoms with Crippen molar-refractivity contribution in [2.45, 2.75) is 25.4 Å². The molecule has 1 unspecified atom stereocenters. The number of benzene rings is 1. The first-order valence-electron chi connectivity index (χ1n) is 5.68. The van der Waals surface area contributed by atoms with Gasteiger partial charge in [-0.05, 0) is 25.0 Å². The average Bonchev–Trinajstić information content (AvgIpc) is 2.77. The van der Waals surface area contributed by atoms with Gasteiger partial charge in [0.15, 0.2) is 0 Å². The molecule has 0 bridgehead atoms. The second-order valence-corrected chi connectivity index (χ2v) is 4.23. The van der Waals surface area contributed by atoms with E-state index in [1.807, 2.05) is 4.90 Å². The van der Waals surface area contributed by atoms with Gasteiger partial charge in [0.1, 0.15) is 11.9 Å². The number of carbonyl (C=O) groups excluding carboxylic acids is 1. The minimum atomic E-state index is -0.356. The lowest BCUT2D eigenvalue weighted by molar-refractivity contribution is -0.119. The number of anilines is 1. The van der Waals surface area contributed by atoms with Crippen molar-refractivity contribution in [3.63, 3.8) is 0 Å². The van der Waals surface area contributed by atoms with Crippen LogP contribution in [0.25, 0.3) is 0 Å². The largest absolute Gasteiger partial charge is 0.368 e. The molecule has 0 spiro atoms. The van der Waals surface area contributed by atoms with Crippen LogP contribution in [0.15, 0.2) is 18.2 Å². The van der Waals surface area contributed by atoms with Crippen LogP contribution in [0.3, 0.4) is 0 Å². The molecule has 92 valence electrons. The highest BCUT2D eigenvalue weighted by molar-refractivity contribution is 5.84. The topological polar surface area (TPSA) is 72.3 Å².